The highest BCUT2D eigenvalue weighted by Crippen LogP contribution is 2.39. The molecular formula is C107H139F3N6O6P6. The number of hydrogen-bond acceptors (Lipinski definition) is 12. The zero-order valence-electron chi connectivity index (χ0n) is 79.7. The van der Waals surface area contributed by atoms with Gasteiger partial charge in [-0.1, -0.05) is 290 Å². The third-order valence-corrected chi connectivity index (χ3v) is 29.6. The van der Waals surface area contributed by atoms with Gasteiger partial charge in [-0.3, -0.25) is 0 Å². The highest BCUT2D eigenvalue weighted by atomic mass is 31.1. The molecule has 0 heterocycles. The predicted octanol–water partition coefficient (Wildman–Crippen LogP) is 18.2. The minimum absolute atomic E-state index is 0.0496. The molecule has 21 heteroatoms. The molecule has 128 heavy (non-hydrogen) atoms. The molecule has 0 fully saturated rings. The van der Waals surface area contributed by atoms with Crippen molar-refractivity contribution in [3.05, 3.63) is 318 Å². The molecule has 12 aromatic rings. The van der Waals surface area contributed by atoms with E-state index in [0.717, 1.165) is 112 Å². The first-order valence-corrected chi connectivity index (χ1v) is 49.4. The summed E-state index contributed by atoms with van der Waals surface area (Å²) in [6.45, 7) is 45.0. The van der Waals surface area contributed by atoms with Gasteiger partial charge < -0.3 is 62.5 Å². The number of phenolic OH excluding ortho intramolecular Hbond substituents is 6. The Bertz CT molecular complexity index is 5570. The number of halogens is 3. The maximum atomic E-state index is 13.3. The van der Waals surface area contributed by atoms with Crippen LogP contribution in [0.3, 0.4) is 0 Å². The summed E-state index contributed by atoms with van der Waals surface area (Å²) in [6.07, 6.45) is 0. The predicted molar refractivity (Wildman–Crippen MR) is 557 cm³/mol. The number of aromatic hydroxyl groups is 6. The number of phenols is 6. The molecule has 12 nitrogen and oxygen atoms in total. The van der Waals surface area contributed by atoms with E-state index in [4.69, 9.17) is 0 Å². The summed E-state index contributed by atoms with van der Waals surface area (Å²) in [5.74, 6) is 1.58. The van der Waals surface area contributed by atoms with Crippen LogP contribution in [-0.2, 0) is 60.9 Å². The summed E-state index contributed by atoms with van der Waals surface area (Å²) in [6, 6.07) is 65.6. The largest absolute Gasteiger partial charge is 0.507 e. The molecule has 12 rings (SSSR count). The summed E-state index contributed by atoms with van der Waals surface area (Å²) < 4.78 is 39.8. The molecule has 0 aliphatic rings. The number of rotatable bonds is 24. The second-order valence-electron chi connectivity index (χ2n) is 36.6. The molecule has 0 aliphatic heterocycles. The van der Waals surface area contributed by atoms with Crippen molar-refractivity contribution in [1.29, 1.82) is 0 Å². The van der Waals surface area contributed by atoms with E-state index in [-0.39, 0.29) is 44.9 Å². The lowest BCUT2D eigenvalue weighted by Gasteiger charge is -2.27. The average Bonchev–Trinajstić information content (AvgIpc) is 0.787. The molecule has 0 bridgehead atoms. The second kappa shape index (κ2) is 49.7. The van der Waals surface area contributed by atoms with Crippen LogP contribution < -0.4 is 95.6 Å². The minimum atomic E-state index is -0.230. The van der Waals surface area contributed by atoms with E-state index in [0.29, 0.717) is 99.9 Å². The smallest absolute Gasteiger partial charge is 0.127 e. The summed E-state index contributed by atoms with van der Waals surface area (Å²) in [5.41, 5.74) is 19.3. The van der Waals surface area contributed by atoms with Gasteiger partial charge in [0.25, 0.3) is 0 Å². The highest BCUT2D eigenvalue weighted by molar-refractivity contribution is 7.57. The van der Waals surface area contributed by atoms with Gasteiger partial charge in [-0.05, 0) is 278 Å². The van der Waals surface area contributed by atoms with Gasteiger partial charge in [-0.25, -0.2) is 13.2 Å². The Morgan fingerprint density at radius 2 is 0.523 bits per heavy atom. The first-order valence-electron chi connectivity index (χ1n) is 43.4. The summed E-state index contributed by atoms with van der Waals surface area (Å²) in [7, 11) is 13.7. The van der Waals surface area contributed by atoms with Gasteiger partial charge >= 0.3 is 0 Å². The van der Waals surface area contributed by atoms with E-state index in [1.165, 1.54) is 84.2 Å². The van der Waals surface area contributed by atoms with Crippen molar-refractivity contribution < 1.29 is 43.8 Å². The zero-order valence-corrected chi connectivity index (χ0v) is 85.7. The van der Waals surface area contributed by atoms with E-state index in [2.05, 4.69) is 234 Å². The SMILES string of the molecule is CNCc1cc(C)ccc1Pc1cc(C(C)(C)C)cc(C(C)(C)C)c1O.CNCc1cc(C)ccc1Pc1cc(C(C)(C)C)cc(C)c1O.CNCc1cc(C)ccc1Pc1cc(C)cc(C(C)(C)C)c1O.CNCc1cc(F)ccc1Pc1cc(C)ccc1O.CNCc1cc(F)ccc1Pc1cccc(C)c1O.CNCc1cc(F)ccc1Pc1ccccc1O. The van der Waals surface area contributed by atoms with Crippen LogP contribution in [0.4, 0.5) is 13.2 Å². The van der Waals surface area contributed by atoms with Crippen molar-refractivity contribution >= 4 is 115 Å². The van der Waals surface area contributed by atoms with Gasteiger partial charge in [-0.15, -0.1) is 0 Å². The topological polar surface area (TPSA) is 194 Å². The van der Waals surface area contributed by atoms with Gasteiger partial charge in [-0.2, -0.15) is 0 Å². The zero-order chi connectivity index (χ0) is 94.7. The van der Waals surface area contributed by atoms with Crippen molar-refractivity contribution in [2.45, 2.75) is 192 Å². The normalized spacial score (nSPS) is 12.0. The Morgan fingerprint density at radius 1 is 0.234 bits per heavy atom. The van der Waals surface area contributed by atoms with E-state index in [1.54, 1.807) is 54.6 Å². The average molecular weight is 1850 g/mol. The second-order valence-corrected chi connectivity index (χ2v) is 44.6. The van der Waals surface area contributed by atoms with Crippen molar-refractivity contribution in [3.63, 3.8) is 0 Å². The number of aryl methyl sites for hydroxylation is 7. The van der Waals surface area contributed by atoms with Crippen LogP contribution in [0.2, 0.25) is 0 Å². The Kier molecular flexibility index (Phi) is 41.4. The van der Waals surface area contributed by atoms with Gasteiger partial charge in [0.2, 0.25) is 0 Å². The lowest BCUT2D eigenvalue weighted by molar-refractivity contribution is 0.448. The molecule has 0 spiro atoms. The molecule has 0 radical (unpaired) electrons. The lowest BCUT2D eigenvalue weighted by Crippen LogP contribution is -2.22. The third-order valence-electron chi connectivity index (χ3n) is 21.1. The van der Waals surface area contributed by atoms with Crippen molar-refractivity contribution in [2.75, 3.05) is 42.3 Å². The molecule has 0 amide bonds. The van der Waals surface area contributed by atoms with Crippen molar-refractivity contribution in [2.24, 2.45) is 0 Å². The molecule has 0 saturated heterocycles. The summed E-state index contributed by atoms with van der Waals surface area (Å²) in [5, 5.41) is 93.7. The molecule has 6 atom stereocenters. The van der Waals surface area contributed by atoms with E-state index < -0.39 is 0 Å². The maximum absolute atomic E-state index is 13.3. The van der Waals surface area contributed by atoms with Crippen LogP contribution in [0.25, 0.3) is 0 Å². The van der Waals surface area contributed by atoms with Crippen LogP contribution in [-0.4, -0.2) is 72.9 Å². The van der Waals surface area contributed by atoms with Crippen molar-refractivity contribution in [1.82, 2.24) is 31.9 Å². The van der Waals surface area contributed by atoms with Crippen LogP contribution in [0.15, 0.2) is 206 Å². The molecule has 684 valence electrons. The molecule has 12 N–H and O–H groups in total. The fraction of sp³-hybridized carbons (Fsp3) is 0.327. The highest BCUT2D eigenvalue weighted by Gasteiger charge is 2.27. The van der Waals surface area contributed by atoms with E-state index in [1.807, 2.05) is 106 Å². The Morgan fingerprint density at radius 3 is 0.906 bits per heavy atom. The number of nitrogens with one attached hydrogen (secondary N) is 6. The first kappa shape index (κ1) is 107. The fourth-order valence-corrected chi connectivity index (χ4v) is 21.7. The van der Waals surface area contributed by atoms with Crippen LogP contribution in [0.5, 0.6) is 34.5 Å². The van der Waals surface area contributed by atoms with Gasteiger partial charge in [0.05, 0.1) is 0 Å². The van der Waals surface area contributed by atoms with Crippen LogP contribution >= 0.6 is 51.5 Å². The Hall–Kier alpha value is -8.43. The lowest BCUT2D eigenvalue weighted by atomic mass is 9.80. The number of hydrogen-bond donors (Lipinski definition) is 12. The fourth-order valence-electron chi connectivity index (χ4n) is 14.1. The molecule has 0 saturated carbocycles. The first-order chi connectivity index (χ1) is 60.3. The van der Waals surface area contributed by atoms with Crippen molar-refractivity contribution in [3.8, 4) is 34.5 Å². The molecule has 0 aromatic heterocycles. The minimum Gasteiger partial charge on any atom is -0.507 e. The van der Waals surface area contributed by atoms with E-state index >= 15 is 0 Å². The maximum Gasteiger partial charge on any atom is 0.127 e. The Labute approximate surface area is 773 Å². The summed E-state index contributed by atoms with van der Waals surface area (Å²) in [4.78, 5) is 0. The molecule has 0 aliphatic carbocycles. The van der Waals surface area contributed by atoms with Gasteiger partial charge in [0, 0.05) is 82.2 Å². The molecular weight excluding hydrogens is 1710 g/mol. The third kappa shape index (κ3) is 32.5. The number of benzene rings is 12. The van der Waals surface area contributed by atoms with Gasteiger partial charge in [0.1, 0.15) is 51.9 Å². The molecule has 12 aromatic carbocycles. The molecule has 6 unspecified atom stereocenters. The standard InChI is InChI=1S/C23H34NOP.2C20H28NOP.2C15H17FNOP.C14H15FNOP/c1-15-9-10-19(16(11-15)14-24-8)26-20-13-17(22(2,3)4)12-18(21(20)25)23(5,6)7;1-13-7-8-17(15(9-13)12-21-6)23-18-11-16(20(3,4)5)10-14(2)19(18)22;1-13-7-8-17(15(9-13)12-21-6)23-18-11-14(2)10-16(19(18)22)20(3,4)5;1-10-3-5-13(18)15(7-10)19-14-6-4-12(16)8-11(14)9-17-2;1-10-4-3-5-14(15(10)18)19-13-7-6-12(16)8-11(13)9-17-2;1-16-9-10-8-11(15)6-7-13(10)18-14-5-3-2-4-12(14)17/h9-13,24-26H,14H2,1-8H3;2*7-11,21-23H,12H2,1-6H3;2*3-8,17-19H,9H2,1-2H3;2-8,16-18H,9H2,1H3. The Balaban J connectivity index is 0.000000211. The number of para-hydroxylation sites is 2. The van der Waals surface area contributed by atoms with Crippen LogP contribution in [0, 0.1) is 65.9 Å². The van der Waals surface area contributed by atoms with E-state index in [9.17, 15) is 43.8 Å². The quantitative estimate of drug-likeness (QED) is 0.0257. The summed E-state index contributed by atoms with van der Waals surface area (Å²) >= 11 is 0. The monoisotopic (exact) mass is 1850 g/mol. The van der Waals surface area contributed by atoms with Crippen LogP contribution in [0.1, 0.15) is 178 Å². The van der Waals surface area contributed by atoms with Gasteiger partial charge in [0.15, 0.2) is 0 Å².